The molecule has 0 aliphatic heterocycles. The van der Waals surface area contributed by atoms with Crippen LogP contribution in [0.5, 0.6) is 5.75 Å². The number of nitrogens with one attached hydrogen (secondary N) is 2. The normalized spacial score (nSPS) is 11.1. The Hall–Kier alpha value is -2.38. The molecule has 2 aromatic rings. The molecule has 0 spiro atoms. The van der Waals surface area contributed by atoms with Gasteiger partial charge < -0.3 is 10.1 Å². The molecule has 2 aromatic carbocycles. The van der Waals surface area contributed by atoms with Crippen molar-refractivity contribution in [1.82, 2.24) is 4.72 Å². The topological polar surface area (TPSA) is 84.5 Å². The van der Waals surface area contributed by atoms with Crippen LogP contribution in [0, 0.1) is 0 Å². The van der Waals surface area contributed by atoms with Crippen molar-refractivity contribution in [2.45, 2.75) is 25.2 Å². The summed E-state index contributed by atoms with van der Waals surface area (Å²) >= 11 is 0. The van der Waals surface area contributed by atoms with Crippen molar-refractivity contribution in [1.29, 1.82) is 0 Å². The van der Waals surface area contributed by atoms with Crippen LogP contribution >= 0.6 is 0 Å². The van der Waals surface area contributed by atoms with Gasteiger partial charge >= 0.3 is 0 Å². The summed E-state index contributed by atoms with van der Waals surface area (Å²) in [7, 11) is -3.68. The summed E-state index contributed by atoms with van der Waals surface area (Å²) < 4.78 is 32.9. The van der Waals surface area contributed by atoms with Gasteiger partial charge in [-0.15, -0.1) is 0 Å². The fourth-order valence-electron chi connectivity index (χ4n) is 2.30. The Morgan fingerprint density at radius 1 is 1.12 bits per heavy atom. The van der Waals surface area contributed by atoms with Gasteiger partial charge in [0.25, 0.3) is 0 Å². The third kappa shape index (κ3) is 5.58. The summed E-state index contributed by atoms with van der Waals surface area (Å²) in [6.45, 7) is 3.87. The molecule has 1 amide bonds. The molecular weight excluding hydrogens is 340 g/mol. The van der Waals surface area contributed by atoms with Gasteiger partial charge in [-0.2, -0.15) is 0 Å². The monoisotopic (exact) mass is 362 g/mol. The van der Waals surface area contributed by atoms with Gasteiger partial charge in [-0.05, 0) is 37.1 Å². The fourth-order valence-corrected chi connectivity index (χ4v) is 3.36. The smallest absolute Gasteiger partial charge is 0.240 e. The number of benzene rings is 2. The third-order valence-corrected chi connectivity index (χ3v) is 4.88. The second-order valence-corrected chi connectivity index (χ2v) is 7.17. The number of hydrogen-bond donors (Lipinski definition) is 2. The lowest BCUT2D eigenvalue weighted by atomic mass is 10.2. The maximum absolute atomic E-state index is 12.5. The van der Waals surface area contributed by atoms with E-state index in [-0.39, 0.29) is 17.3 Å². The van der Waals surface area contributed by atoms with Crippen LogP contribution in [0.2, 0.25) is 0 Å². The van der Waals surface area contributed by atoms with E-state index in [4.69, 9.17) is 4.74 Å². The zero-order valence-electron chi connectivity index (χ0n) is 14.3. The van der Waals surface area contributed by atoms with Gasteiger partial charge in [0.05, 0.1) is 17.2 Å². The standard InChI is InChI=1S/C18H22N2O4S/c1-3-24-18-10-9-16(13-17(18)20-14(2)21)25(22,23)19-12-11-15-7-5-4-6-8-15/h4-10,13,19H,3,11-12H2,1-2H3,(H,20,21). The molecule has 0 saturated heterocycles. The van der Waals surface area contributed by atoms with E-state index in [0.717, 1.165) is 5.56 Å². The largest absolute Gasteiger partial charge is 0.492 e. The number of anilines is 1. The molecule has 0 saturated carbocycles. The van der Waals surface area contributed by atoms with E-state index in [1.807, 2.05) is 37.3 Å². The van der Waals surface area contributed by atoms with Crippen LogP contribution in [-0.2, 0) is 21.2 Å². The van der Waals surface area contributed by atoms with Crippen molar-refractivity contribution in [3.8, 4) is 5.75 Å². The predicted molar refractivity (Wildman–Crippen MR) is 97.2 cm³/mol. The van der Waals surface area contributed by atoms with Gasteiger partial charge in [-0.3, -0.25) is 4.79 Å². The lowest BCUT2D eigenvalue weighted by Crippen LogP contribution is -2.26. The van der Waals surface area contributed by atoms with E-state index >= 15 is 0 Å². The van der Waals surface area contributed by atoms with E-state index in [9.17, 15) is 13.2 Å². The Bertz CT molecular complexity index is 820. The first kappa shape index (κ1) is 19.0. The molecule has 0 aliphatic rings. The summed E-state index contributed by atoms with van der Waals surface area (Å²) in [4.78, 5) is 11.4. The maximum Gasteiger partial charge on any atom is 0.240 e. The summed E-state index contributed by atoms with van der Waals surface area (Å²) in [6.07, 6.45) is 0.593. The molecule has 7 heteroatoms. The van der Waals surface area contributed by atoms with Gasteiger partial charge in [-0.1, -0.05) is 30.3 Å². The second-order valence-electron chi connectivity index (χ2n) is 5.41. The molecule has 0 bridgehead atoms. The van der Waals surface area contributed by atoms with Gasteiger partial charge in [-0.25, -0.2) is 13.1 Å². The van der Waals surface area contributed by atoms with E-state index in [1.54, 1.807) is 6.07 Å². The Balaban J connectivity index is 2.13. The lowest BCUT2D eigenvalue weighted by molar-refractivity contribution is -0.114. The van der Waals surface area contributed by atoms with Gasteiger partial charge in [0.15, 0.2) is 0 Å². The molecule has 134 valence electrons. The molecule has 0 aliphatic carbocycles. The van der Waals surface area contributed by atoms with E-state index in [2.05, 4.69) is 10.0 Å². The quantitative estimate of drug-likeness (QED) is 0.756. The van der Waals surface area contributed by atoms with Gasteiger partial charge in [0.2, 0.25) is 15.9 Å². The molecule has 0 heterocycles. The Morgan fingerprint density at radius 3 is 2.48 bits per heavy atom. The first-order valence-corrected chi connectivity index (χ1v) is 9.48. The van der Waals surface area contributed by atoms with Gasteiger partial charge in [0, 0.05) is 13.5 Å². The zero-order valence-corrected chi connectivity index (χ0v) is 15.1. The molecular formula is C18H22N2O4S. The molecule has 0 atom stereocenters. The molecule has 2 N–H and O–H groups in total. The van der Waals surface area contributed by atoms with Crippen molar-refractivity contribution < 1.29 is 17.9 Å². The first-order valence-electron chi connectivity index (χ1n) is 8.00. The average Bonchev–Trinajstić information content (AvgIpc) is 2.57. The minimum absolute atomic E-state index is 0.0766. The first-order chi connectivity index (χ1) is 11.9. The summed E-state index contributed by atoms with van der Waals surface area (Å²) in [5.74, 6) is 0.133. The third-order valence-electron chi connectivity index (χ3n) is 3.42. The highest BCUT2D eigenvalue weighted by Crippen LogP contribution is 2.27. The SMILES string of the molecule is CCOc1ccc(S(=O)(=O)NCCc2ccccc2)cc1NC(C)=O. The van der Waals surface area contributed by atoms with Crippen LogP contribution in [-0.4, -0.2) is 27.5 Å². The van der Waals surface area contributed by atoms with Gasteiger partial charge in [0.1, 0.15) is 5.75 Å². The molecule has 0 aromatic heterocycles. The highest BCUT2D eigenvalue weighted by atomic mass is 32.2. The average molecular weight is 362 g/mol. The van der Waals surface area contributed by atoms with E-state index in [1.165, 1.54) is 19.1 Å². The zero-order chi connectivity index (χ0) is 18.3. The predicted octanol–water partition coefficient (Wildman–Crippen LogP) is 2.56. The number of carbonyl (C=O) groups is 1. The Kier molecular flexibility index (Phi) is 6.55. The summed E-state index contributed by atoms with van der Waals surface area (Å²) in [5, 5.41) is 2.60. The number of rotatable bonds is 8. The van der Waals surface area contributed by atoms with Crippen LogP contribution in [0.3, 0.4) is 0 Å². The number of carbonyl (C=O) groups excluding carboxylic acids is 1. The second kappa shape index (κ2) is 8.64. The van der Waals surface area contributed by atoms with Crippen molar-refractivity contribution in [2.75, 3.05) is 18.5 Å². The minimum Gasteiger partial charge on any atom is -0.492 e. The highest BCUT2D eigenvalue weighted by Gasteiger charge is 2.17. The van der Waals surface area contributed by atoms with Crippen LogP contribution < -0.4 is 14.8 Å². The lowest BCUT2D eigenvalue weighted by Gasteiger charge is -2.13. The van der Waals surface area contributed by atoms with Crippen molar-refractivity contribution in [3.05, 3.63) is 54.1 Å². The molecule has 0 radical (unpaired) electrons. The molecule has 6 nitrogen and oxygen atoms in total. The van der Waals surface area contributed by atoms with E-state index in [0.29, 0.717) is 24.5 Å². The summed E-state index contributed by atoms with van der Waals surface area (Å²) in [5.41, 5.74) is 1.39. The van der Waals surface area contributed by atoms with E-state index < -0.39 is 10.0 Å². The molecule has 25 heavy (non-hydrogen) atoms. The Morgan fingerprint density at radius 2 is 1.84 bits per heavy atom. The van der Waals surface area contributed by atoms with Crippen LogP contribution in [0.25, 0.3) is 0 Å². The number of sulfonamides is 1. The fraction of sp³-hybridized carbons (Fsp3) is 0.278. The Labute approximate surface area is 148 Å². The number of ether oxygens (including phenoxy) is 1. The van der Waals surface area contributed by atoms with Crippen LogP contribution in [0.1, 0.15) is 19.4 Å². The van der Waals surface area contributed by atoms with Crippen molar-refractivity contribution in [2.24, 2.45) is 0 Å². The van der Waals surface area contributed by atoms with Crippen LogP contribution in [0.15, 0.2) is 53.4 Å². The number of hydrogen-bond acceptors (Lipinski definition) is 4. The minimum atomic E-state index is -3.68. The van der Waals surface area contributed by atoms with Crippen molar-refractivity contribution in [3.63, 3.8) is 0 Å². The van der Waals surface area contributed by atoms with Crippen molar-refractivity contribution >= 4 is 21.6 Å². The summed E-state index contributed by atoms with van der Waals surface area (Å²) in [6, 6.07) is 14.0. The molecule has 0 fully saturated rings. The molecule has 2 rings (SSSR count). The highest BCUT2D eigenvalue weighted by molar-refractivity contribution is 7.89. The van der Waals surface area contributed by atoms with Crippen LogP contribution in [0.4, 0.5) is 5.69 Å². The molecule has 0 unspecified atom stereocenters. The maximum atomic E-state index is 12.5. The number of amides is 1.